The number of ether oxygens (including phenoxy) is 1. The van der Waals surface area contributed by atoms with Crippen LogP contribution in [0.25, 0.3) is 11.0 Å². The van der Waals surface area contributed by atoms with Crippen LogP contribution < -0.4 is 4.74 Å². The van der Waals surface area contributed by atoms with E-state index in [1.165, 1.54) is 22.3 Å². The number of hydrogen-bond acceptors (Lipinski definition) is 2. The average molecular weight is 391 g/mol. The van der Waals surface area contributed by atoms with Gasteiger partial charge < -0.3 is 9.30 Å². The number of imidazole rings is 1. The number of aromatic nitrogens is 2. The predicted octanol–water partition coefficient (Wildman–Crippen LogP) is 6.24. The van der Waals surface area contributed by atoms with E-state index in [2.05, 4.69) is 43.5 Å². The van der Waals surface area contributed by atoms with Crippen molar-refractivity contribution in [3.05, 3.63) is 93.8 Å². The van der Waals surface area contributed by atoms with Gasteiger partial charge in [-0.3, -0.25) is 0 Å². The highest BCUT2D eigenvalue weighted by molar-refractivity contribution is 6.32. The topological polar surface area (TPSA) is 27.1 Å². The van der Waals surface area contributed by atoms with Gasteiger partial charge >= 0.3 is 0 Å². The van der Waals surface area contributed by atoms with Gasteiger partial charge in [0.05, 0.1) is 16.1 Å². The van der Waals surface area contributed by atoms with E-state index < -0.39 is 0 Å². The Morgan fingerprint density at radius 2 is 1.61 bits per heavy atom. The number of nitrogens with zero attached hydrogens (tertiary/aromatic N) is 2. The molecular formula is C24H23ClN2O. The molecule has 0 spiro atoms. The van der Waals surface area contributed by atoms with E-state index >= 15 is 0 Å². The fraction of sp³-hybridized carbons (Fsp3) is 0.208. The van der Waals surface area contributed by atoms with Crippen LogP contribution in [0.1, 0.15) is 28.1 Å². The third-order valence-corrected chi connectivity index (χ3v) is 5.40. The first-order valence-corrected chi connectivity index (χ1v) is 9.79. The zero-order valence-electron chi connectivity index (χ0n) is 16.4. The van der Waals surface area contributed by atoms with E-state index in [0.717, 1.165) is 23.4 Å². The Morgan fingerprint density at radius 3 is 2.36 bits per heavy atom. The van der Waals surface area contributed by atoms with Crippen molar-refractivity contribution in [2.75, 3.05) is 0 Å². The molecule has 3 aromatic carbocycles. The molecule has 0 bridgehead atoms. The number of para-hydroxylation sites is 3. The molecule has 1 aromatic heterocycles. The molecule has 0 amide bonds. The average Bonchev–Trinajstić information content (AvgIpc) is 3.01. The van der Waals surface area contributed by atoms with Gasteiger partial charge in [0, 0.05) is 6.54 Å². The van der Waals surface area contributed by atoms with Crippen molar-refractivity contribution in [3.8, 4) is 5.75 Å². The molecule has 0 aliphatic carbocycles. The van der Waals surface area contributed by atoms with Crippen LogP contribution in [0.5, 0.6) is 5.75 Å². The molecule has 4 rings (SSSR count). The molecular weight excluding hydrogens is 368 g/mol. The van der Waals surface area contributed by atoms with Crippen molar-refractivity contribution in [3.63, 3.8) is 0 Å². The molecule has 4 heteroatoms. The van der Waals surface area contributed by atoms with Crippen molar-refractivity contribution < 1.29 is 4.74 Å². The first kappa shape index (κ1) is 18.6. The Balaban J connectivity index is 1.73. The Labute approximate surface area is 170 Å². The number of benzene rings is 3. The van der Waals surface area contributed by atoms with Gasteiger partial charge in [-0.2, -0.15) is 0 Å². The highest BCUT2D eigenvalue weighted by Gasteiger charge is 2.14. The SMILES string of the molecule is Cc1cc(C)c(Cn2c(COc3ccccc3Cl)nc3ccccc32)c(C)c1. The molecule has 0 unspecified atom stereocenters. The van der Waals surface area contributed by atoms with E-state index in [1.807, 2.05) is 42.5 Å². The normalized spacial score (nSPS) is 11.1. The summed E-state index contributed by atoms with van der Waals surface area (Å²) in [5.74, 6) is 1.56. The number of aryl methyl sites for hydroxylation is 3. The quantitative estimate of drug-likeness (QED) is 0.403. The molecule has 0 aliphatic rings. The van der Waals surface area contributed by atoms with E-state index in [-0.39, 0.29) is 0 Å². The molecule has 0 saturated heterocycles. The molecule has 142 valence electrons. The summed E-state index contributed by atoms with van der Waals surface area (Å²) in [4.78, 5) is 4.83. The molecule has 0 atom stereocenters. The Hall–Kier alpha value is -2.78. The minimum atomic E-state index is 0.363. The maximum absolute atomic E-state index is 6.24. The molecule has 0 saturated carbocycles. The molecule has 3 nitrogen and oxygen atoms in total. The maximum atomic E-state index is 6.24. The first-order chi connectivity index (χ1) is 13.5. The molecule has 0 aliphatic heterocycles. The van der Waals surface area contributed by atoms with Gasteiger partial charge in [0.1, 0.15) is 18.2 Å². The smallest absolute Gasteiger partial charge is 0.148 e. The fourth-order valence-corrected chi connectivity index (χ4v) is 3.92. The first-order valence-electron chi connectivity index (χ1n) is 9.41. The van der Waals surface area contributed by atoms with Crippen molar-refractivity contribution in [1.29, 1.82) is 0 Å². The lowest BCUT2D eigenvalue weighted by Crippen LogP contribution is -2.10. The van der Waals surface area contributed by atoms with Gasteiger partial charge in [-0.05, 0) is 61.7 Å². The summed E-state index contributed by atoms with van der Waals surface area (Å²) in [5.41, 5.74) is 7.30. The van der Waals surface area contributed by atoms with Gasteiger partial charge in [-0.25, -0.2) is 4.98 Å². The molecule has 0 radical (unpaired) electrons. The third-order valence-electron chi connectivity index (χ3n) is 5.08. The summed E-state index contributed by atoms with van der Waals surface area (Å²) in [6, 6.07) is 20.2. The van der Waals surface area contributed by atoms with Crippen LogP contribution in [-0.2, 0) is 13.2 Å². The molecule has 4 aromatic rings. The van der Waals surface area contributed by atoms with Crippen molar-refractivity contribution in [1.82, 2.24) is 9.55 Å². The Bertz CT molecular complexity index is 1120. The molecule has 0 N–H and O–H groups in total. The second kappa shape index (κ2) is 7.69. The van der Waals surface area contributed by atoms with E-state index in [9.17, 15) is 0 Å². The Kier molecular flexibility index (Phi) is 5.10. The number of hydrogen-bond donors (Lipinski definition) is 0. The van der Waals surface area contributed by atoms with Crippen LogP contribution in [0, 0.1) is 20.8 Å². The van der Waals surface area contributed by atoms with Crippen molar-refractivity contribution in [2.24, 2.45) is 0 Å². The Morgan fingerprint density at radius 1 is 0.929 bits per heavy atom. The minimum absolute atomic E-state index is 0.363. The van der Waals surface area contributed by atoms with E-state index in [4.69, 9.17) is 21.3 Å². The lowest BCUT2D eigenvalue weighted by molar-refractivity contribution is 0.291. The van der Waals surface area contributed by atoms with Crippen molar-refractivity contribution in [2.45, 2.75) is 33.9 Å². The summed E-state index contributed by atoms with van der Waals surface area (Å²) in [5, 5.41) is 0.607. The zero-order chi connectivity index (χ0) is 19.7. The summed E-state index contributed by atoms with van der Waals surface area (Å²) in [6.45, 7) is 7.62. The van der Waals surface area contributed by atoms with Crippen molar-refractivity contribution >= 4 is 22.6 Å². The second-order valence-electron chi connectivity index (χ2n) is 7.20. The molecule has 28 heavy (non-hydrogen) atoms. The lowest BCUT2D eigenvalue weighted by atomic mass is 10.00. The number of fused-ring (bicyclic) bond motifs is 1. The summed E-state index contributed by atoms with van der Waals surface area (Å²) >= 11 is 6.24. The minimum Gasteiger partial charge on any atom is -0.484 e. The summed E-state index contributed by atoms with van der Waals surface area (Å²) < 4.78 is 8.24. The maximum Gasteiger partial charge on any atom is 0.148 e. The van der Waals surface area contributed by atoms with Gasteiger partial charge in [0.2, 0.25) is 0 Å². The van der Waals surface area contributed by atoms with Crippen LogP contribution in [0.3, 0.4) is 0 Å². The van der Waals surface area contributed by atoms with Crippen LogP contribution in [-0.4, -0.2) is 9.55 Å². The third kappa shape index (κ3) is 3.63. The van der Waals surface area contributed by atoms with Crippen LogP contribution >= 0.6 is 11.6 Å². The van der Waals surface area contributed by atoms with Crippen LogP contribution in [0.4, 0.5) is 0 Å². The molecule has 0 fully saturated rings. The summed E-state index contributed by atoms with van der Waals surface area (Å²) in [7, 11) is 0. The predicted molar refractivity (Wildman–Crippen MR) is 115 cm³/mol. The van der Waals surface area contributed by atoms with Gasteiger partial charge in [0.15, 0.2) is 0 Å². The lowest BCUT2D eigenvalue weighted by Gasteiger charge is -2.15. The largest absolute Gasteiger partial charge is 0.484 e. The standard InChI is InChI=1S/C24H23ClN2O/c1-16-12-17(2)19(18(3)13-16)14-27-22-10-6-5-9-21(22)26-24(27)15-28-23-11-7-4-8-20(23)25/h4-13H,14-15H2,1-3H3. The van der Waals surface area contributed by atoms with Gasteiger partial charge in [-0.15, -0.1) is 0 Å². The molecule has 1 heterocycles. The van der Waals surface area contributed by atoms with E-state index in [1.54, 1.807) is 0 Å². The van der Waals surface area contributed by atoms with Crippen LogP contribution in [0.2, 0.25) is 5.02 Å². The zero-order valence-corrected chi connectivity index (χ0v) is 17.1. The van der Waals surface area contributed by atoms with Gasteiger partial charge in [-0.1, -0.05) is 53.6 Å². The fourth-order valence-electron chi connectivity index (χ4n) is 3.73. The number of rotatable bonds is 5. The summed E-state index contributed by atoms with van der Waals surface area (Å²) in [6.07, 6.45) is 0. The highest BCUT2D eigenvalue weighted by Crippen LogP contribution is 2.26. The number of halogens is 1. The monoisotopic (exact) mass is 390 g/mol. The second-order valence-corrected chi connectivity index (χ2v) is 7.61. The van der Waals surface area contributed by atoms with Crippen LogP contribution in [0.15, 0.2) is 60.7 Å². The highest BCUT2D eigenvalue weighted by atomic mass is 35.5. The van der Waals surface area contributed by atoms with E-state index in [0.29, 0.717) is 17.4 Å². The van der Waals surface area contributed by atoms with Gasteiger partial charge in [0.25, 0.3) is 0 Å².